The summed E-state index contributed by atoms with van der Waals surface area (Å²) in [6.07, 6.45) is 1.41. The summed E-state index contributed by atoms with van der Waals surface area (Å²) < 4.78 is 28.0. The third-order valence-corrected chi connectivity index (χ3v) is 4.46. The van der Waals surface area contributed by atoms with Gasteiger partial charge in [0.2, 0.25) is 5.91 Å². The van der Waals surface area contributed by atoms with Crippen molar-refractivity contribution in [1.82, 2.24) is 4.98 Å². The van der Waals surface area contributed by atoms with Gasteiger partial charge in [-0.25, -0.2) is 13.8 Å². The molecule has 0 fully saturated rings. The molecule has 0 aliphatic heterocycles. The number of carbonyl (C=O) groups is 1. The van der Waals surface area contributed by atoms with Gasteiger partial charge in [-0.2, -0.15) is 0 Å². The second kappa shape index (κ2) is 6.83. The van der Waals surface area contributed by atoms with Crippen molar-refractivity contribution in [3.63, 3.8) is 0 Å². The number of fused-ring (bicyclic) bond motifs is 1. The number of nitrogens with one attached hydrogen (secondary N) is 1. The van der Waals surface area contributed by atoms with E-state index in [1.807, 2.05) is 24.3 Å². The predicted molar refractivity (Wildman–Crippen MR) is 87.5 cm³/mol. The highest BCUT2D eigenvalue weighted by Crippen LogP contribution is 2.23. The van der Waals surface area contributed by atoms with Crippen LogP contribution in [-0.2, 0) is 11.2 Å². The van der Waals surface area contributed by atoms with Gasteiger partial charge in [-0.1, -0.05) is 18.2 Å². The lowest BCUT2D eigenvalue weighted by atomic mass is 10.2. The number of rotatable bonds is 5. The van der Waals surface area contributed by atoms with Crippen LogP contribution in [0.3, 0.4) is 0 Å². The molecule has 1 aromatic heterocycles. The maximum Gasteiger partial charge on any atom is 0.224 e. The molecule has 0 saturated carbocycles. The number of hydrogen-bond acceptors (Lipinski definition) is 3. The number of anilines is 1. The van der Waals surface area contributed by atoms with Crippen LogP contribution in [0.5, 0.6) is 0 Å². The van der Waals surface area contributed by atoms with Crippen LogP contribution < -0.4 is 5.32 Å². The van der Waals surface area contributed by atoms with Gasteiger partial charge >= 0.3 is 0 Å². The monoisotopic (exact) mass is 332 g/mol. The van der Waals surface area contributed by atoms with Gasteiger partial charge in [0.15, 0.2) is 0 Å². The van der Waals surface area contributed by atoms with E-state index >= 15 is 0 Å². The zero-order chi connectivity index (χ0) is 16.2. The molecule has 118 valence electrons. The van der Waals surface area contributed by atoms with Crippen LogP contribution in [0.4, 0.5) is 14.5 Å². The Morgan fingerprint density at radius 1 is 1.09 bits per heavy atom. The normalized spacial score (nSPS) is 10.9. The molecule has 0 bridgehead atoms. The van der Waals surface area contributed by atoms with Crippen LogP contribution in [0, 0.1) is 11.6 Å². The van der Waals surface area contributed by atoms with Crippen LogP contribution in [0.25, 0.3) is 10.2 Å². The quantitative estimate of drug-likeness (QED) is 0.745. The summed E-state index contributed by atoms with van der Waals surface area (Å²) in [6, 6.07) is 11.3. The van der Waals surface area contributed by atoms with Gasteiger partial charge in [0.1, 0.15) is 17.3 Å². The Hall–Kier alpha value is -2.34. The van der Waals surface area contributed by atoms with Crippen molar-refractivity contribution < 1.29 is 13.6 Å². The Morgan fingerprint density at radius 2 is 1.83 bits per heavy atom. The number of thiazole rings is 1. The topological polar surface area (TPSA) is 42.0 Å². The molecule has 0 aliphatic carbocycles. The molecule has 3 rings (SSSR count). The first-order valence-corrected chi connectivity index (χ1v) is 8.03. The number of aromatic nitrogens is 1. The highest BCUT2D eigenvalue weighted by atomic mass is 32.1. The summed E-state index contributed by atoms with van der Waals surface area (Å²) in [4.78, 5) is 16.3. The molecule has 23 heavy (non-hydrogen) atoms. The second-order valence-electron chi connectivity index (χ2n) is 5.07. The second-order valence-corrected chi connectivity index (χ2v) is 6.19. The van der Waals surface area contributed by atoms with Gasteiger partial charge < -0.3 is 5.32 Å². The van der Waals surface area contributed by atoms with E-state index in [4.69, 9.17) is 0 Å². The molecule has 3 nitrogen and oxygen atoms in total. The summed E-state index contributed by atoms with van der Waals surface area (Å²) in [5.41, 5.74) is 0.558. The molecular formula is C17H14F2N2OS. The van der Waals surface area contributed by atoms with Gasteiger partial charge in [-0.15, -0.1) is 11.3 Å². The van der Waals surface area contributed by atoms with Crippen molar-refractivity contribution in [3.8, 4) is 0 Å². The van der Waals surface area contributed by atoms with Crippen molar-refractivity contribution in [1.29, 1.82) is 0 Å². The zero-order valence-corrected chi connectivity index (χ0v) is 13.0. The first-order chi connectivity index (χ1) is 11.1. The van der Waals surface area contributed by atoms with E-state index in [0.717, 1.165) is 27.4 Å². The minimum atomic E-state index is -0.774. The molecule has 2 aromatic carbocycles. The lowest BCUT2D eigenvalue weighted by molar-refractivity contribution is -0.116. The maximum absolute atomic E-state index is 13.5. The number of aryl methyl sites for hydroxylation is 1. The number of hydrogen-bond donors (Lipinski definition) is 1. The fourth-order valence-corrected chi connectivity index (χ4v) is 3.26. The summed E-state index contributed by atoms with van der Waals surface area (Å²) in [5.74, 6) is -1.95. The molecule has 0 saturated heterocycles. The molecule has 1 amide bonds. The van der Waals surface area contributed by atoms with E-state index in [0.29, 0.717) is 12.8 Å². The molecule has 1 heterocycles. The summed E-state index contributed by atoms with van der Waals surface area (Å²) in [6.45, 7) is 0. The summed E-state index contributed by atoms with van der Waals surface area (Å²) in [5, 5.41) is 3.24. The Kier molecular flexibility index (Phi) is 4.62. The fraction of sp³-hybridized carbons (Fsp3) is 0.176. The van der Waals surface area contributed by atoms with E-state index in [1.54, 1.807) is 11.3 Å². The lowest BCUT2D eigenvalue weighted by Crippen LogP contribution is -2.14. The van der Waals surface area contributed by atoms with Gasteiger partial charge in [-0.3, -0.25) is 4.79 Å². The lowest BCUT2D eigenvalue weighted by Gasteiger charge is -2.06. The number of nitrogens with zero attached hydrogens (tertiary/aromatic N) is 1. The number of halogens is 2. The van der Waals surface area contributed by atoms with Crippen LogP contribution in [0.2, 0.25) is 0 Å². The number of benzene rings is 2. The van der Waals surface area contributed by atoms with Crippen molar-refractivity contribution in [3.05, 3.63) is 59.1 Å². The fourth-order valence-electron chi connectivity index (χ4n) is 2.25. The molecule has 0 unspecified atom stereocenters. The highest BCUT2D eigenvalue weighted by Gasteiger charge is 2.12. The van der Waals surface area contributed by atoms with Gasteiger partial charge in [-0.05, 0) is 37.1 Å². The van der Waals surface area contributed by atoms with E-state index in [-0.39, 0.29) is 6.42 Å². The SMILES string of the molecule is O=C(CCCc1nc2ccccc2s1)Nc1c(F)cccc1F. The first kappa shape index (κ1) is 15.6. The first-order valence-electron chi connectivity index (χ1n) is 7.22. The van der Waals surface area contributed by atoms with Gasteiger partial charge in [0, 0.05) is 6.42 Å². The molecule has 0 spiro atoms. The van der Waals surface area contributed by atoms with Gasteiger partial charge in [0.05, 0.1) is 15.2 Å². The molecule has 0 atom stereocenters. The number of para-hydroxylation sites is 2. The smallest absolute Gasteiger partial charge is 0.224 e. The summed E-state index contributed by atoms with van der Waals surface area (Å²) >= 11 is 1.59. The summed E-state index contributed by atoms with van der Waals surface area (Å²) in [7, 11) is 0. The standard InChI is InChI=1S/C17H14F2N2OS/c18-11-5-3-6-12(19)17(11)21-15(22)9-4-10-16-20-13-7-1-2-8-14(13)23-16/h1-3,5-8H,4,9-10H2,(H,21,22). The minimum Gasteiger partial charge on any atom is -0.321 e. The van der Waals surface area contributed by atoms with Crippen molar-refractivity contribution in [2.45, 2.75) is 19.3 Å². The van der Waals surface area contributed by atoms with E-state index in [2.05, 4.69) is 10.3 Å². The van der Waals surface area contributed by atoms with Crippen molar-refractivity contribution in [2.75, 3.05) is 5.32 Å². The van der Waals surface area contributed by atoms with Crippen LogP contribution in [0.15, 0.2) is 42.5 Å². The molecule has 6 heteroatoms. The van der Waals surface area contributed by atoms with Crippen molar-refractivity contribution in [2.24, 2.45) is 0 Å². The molecular weight excluding hydrogens is 318 g/mol. The molecule has 3 aromatic rings. The Balaban J connectivity index is 1.55. The van der Waals surface area contributed by atoms with Crippen molar-refractivity contribution >= 4 is 33.1 Å². The molecule has 0 radical (unpaired) electrons. The average molecular weight is 332 g/mol. The minimum absolute atomic E-state index is 0.184. The average Bonchev–Trinajstić information content (AvgIpc) is 2.94. The van der Waals surface area contributed by atoms with E-state index in [9.17, 15) is 13.6 Å². The molecule has 1 N–H and O–H groups in total. The Labute approximate surface area is 136 Å². The van der Waals surface area contributed by atoms with Crippen LogP contribution in [-0.4, -0.2) is 10.9 Å². The van der Waals surface area contributed by atoms with E-state index < -0.39 is 23.2 Å². The van der Waals surface area contributed by atoms with Gasteiger partial charge in [0.25, 0.3) is 0 Å². The predicted octanol–water partition coefficient (Wildman–Crippen LogP) is 4.54. The third-order valence-electron chi connectivity index (χ3n) is 3.36. The Bertz CT molecular complexity index is 794. The largest absolute Gasteiger partial charge is 0.321 e. The van der Waals surface area contributed by atoms with Crippen LogP contribution in [0.1, 0.15) is 17.8 Å². The number of amides is 1. The maximum atomic E-state index is 13.5. The highest BCUT2D eigenvalue weighted by molar-refractivity contribution is 7.18. The van der Waals surface area contributed by atoms with Crippen LogP contribution >= 0.6 is 11.3 Å². The van der Waals surface area contributed by atoms with E-state index in [1.165, 1.54) is 6.07 Å². The Morgan fingerprint density at radius 3 is 2.57 bits per heavy atom. The molecule has 0 aliphatic rings. The zero-order valence-electron chi connectivity index (χ0n) is 12.2. The third kappa shape index (κ3) is 3.71. The number of carbonyl (C=O) groups excluding carboxylic acids is 1.